The molecule has 1 atom stereocenters. The molecular formula is C18H12F5NO3S. The Morgan fingerprint density at radius 2 is 1.54 bits per heavy atom. The van der Waals surface area contributed by atoms with Crippen molar-refractivity contribution in [1.29, 1.82) is 5.26 Å². The second kappa shape index (κ2) is 8.95. The fourth-order valence-electron chi connectivity index (χ4n) is 2.23. The molecule has 0 radical (unpaired) electrons. The number of hydrogen-bond acceptors (Lipinski definition) is 4. The molecule has 0 fully saturated rings. The number of nitrogens with zero attached hydrogens (tertiary/aromatic N) is 1. The van der Waals surface area contributed by atoms with E-state index in [-0.39, 0.29) is 5.75 Å². The third kappa shape index (κ3) is 4.21. The van der Waals surface area contributed by atoms with Crippen LogP contribution in [-0.4, -0.2) is 18.8 Å². The molecule has 0 amide bonds. The SMILES string of the molecule is COc1ccc(C[S+]([O-])/C(C#N)=C/c2c(F)c(F)c(F)c(F)c2F)cc1OC. The third-order valence-electron chi connectivity index (χ3n) is 3.62. The van der Waals surface area contributed by atoms with Crippen LogP contribution in [0.2, 0.25) is 0 Å². The van der Waals surface area contributed by atoms with Crippen LogP contribution >= 0.6 is 0 Å². The van der Waals surface area contributed by atoms with Crippen molar-refractivity contribution in [2.45, 2.75) is 5.75 Å². The molecule has 4 nitrogen and oxygen atoms in total. The topological polar surface area (TPSA) is 65.3 Å². The zero-order valence-electron chi connectivity index (χ0n) is 14.5. The molecule has 0 saturated heterocycles. The van der Waals surface area contributed by atoms with E-state index in [0.29, 0.717) is 23.1 Å². The largest absolute Gasteiger partial charge is 0.611 e. The van der Waals surface area contributed by atoms with E-state index in [1.165, 1.54) is 38.5 Å². The van der Waals surface area contributed by atoms with E-state index in [1.807, 2.05) is 0 Å². The van der Waals surface area contributed by atoms with E-state index >= 15 is 0 Å². The fraction of sp³-hybridized carbons (Fsp3) is 0.167. The lowest BCUT2D eigenvalue weighted by molar-refractivity contribution is 0.354. The Labute approximate surface area is 160 Å². The van der Waals surface area contributed by atoms with Crippen LogP contribution in [0.25, 0.3) is 6.08 Å². The van der Waals surface area contributed by atoms with Gasteiger partial charge in [-0.15, -0.1) is 0 Å². The number of hydrogen-bond donors (Lipinski definition) is 0. The van der Waals surface area contributed by atoms with Crippen molar-refractivity contribution in [3.63, 3.8) is 0 Å². The molecular weight excluding hydrogens is 405 g/mol. The monoisotopic (exact) mass is 417 g/mol. The van der Waals surface area contributed by atoms with Crippen molar-refractivity contribution in [2.75, 3.05) is 14.2 Å². The lowest BCUT2D eigenvalue weighted by Crippen LogP contribution is -2.09. The summed E-state index contributed by atoms with van der Waals surface area (Å²) >= 11 is -2.13. The van der Waals surface area contributed by atoms with Gasteiger partial charge in [-0.25, -0.2) is 22.0 Å². The van der Waals surface area contributed by atoms with E-state index in [1.54, 1.807) is 0 Å². The Morgan fingerprint density at radius 1 is 1.00 bits per heavy atom. The Morgan fingerprint density at radius 3 is 2.04 bits per heavy atom. The van der Waals surface area contributed by atoms with Crippen LogP contribution < -0.4 is 9.47 Å². The highest BCUT2D eigenvalue weighted by molar-refractivity contribution is 7.94. The minimum atomic E-state index is -2.32. The van der Waals surface area contributed by atoms with Crippen LogP contribution in [0.3, 0.4) is 0 Å². The third-order valence-corrected chi connectivity index (χ3v) is 4.92. The second-order valence-electron chi connectivity index (χ2n) is 5.28. The van der Waals surface area contributed by atoms with Gasteiger partial charge in [0.2, 0.25) is 10.7 Å². The van der Waals surface area contributed by atoms with Crippen molar-refractivity contribution in [3.05, 3.63) is 63.3 Å². The predicted octanol–water partition coefficient (Wildman–Crippen LogP) is 4.21. The molecule has 0 N–H and O–H groups in total. The Kier molecular flexibility index (Phi) is 6.88. The van der Waals surface area contributed by atoms with Crippen molar-refractivity contribution in [1.82, 2.24) is 0 Å². The molecule has 10 heteroatoms. The minimum absolute atomic E-state index is 0.269. The van der Waals surface area contributed by atoms with Crippen molar-refractivity contribution < 1.29 is 36.0 Å². The number of halogens is 5. The number of ether oxygens (including phenoxy) is 2. The lowest BCUT2D eigenvalue weighted by atomic mass is 10.1. The van der Waals surface area contributed by atoms with E-state index < -0.39 is 50.7 Å². The highest BCUT2D eigenvalue weighted by atomic mass is 32.2. The maximum atomic E-state index is 13.8. The lowest BCUT2D eigenvalue weighted by Gasteiger charge is -2.12. The fourth-order valence-corrected chi connectivity index (χ4v) is 3.22. The highest BCUT2D eigenvalue weighted by Gasteiger charge is 2.27. The summed E-state index contributed by atoms with van der Waals surface area (Å²) < 4.78 is 89.7. The van der Waals surface area contributed by atoms with Crippen LogP contribution in [0.4, 0.5) is 22.0 Å². The summed E-state index contributed by atoms with van der Waals surface area (Å²) in [6, 6.07) is 5.98. The molecule has 0 spiro atoms. The van der Waals surface area contributed by atoms with Crippen LogP contribution in [0, 0.1) is 40.4 Å². The minimum Gasteiger partial charge on any atom is -0.611 e. The van der Waals surface area contributed by atoms with Crippen LogP contribution in [0.1, 0.15) is 11.1 Å². The molecule has 2 rings (SSSR count). The smallest absolute Gasteiger partial charge is 0.230 e. The number of rotatable bonds is 6. The zero-order valence-corrected chi connectivity index (χ0v) is 15.3. The first kappa shape index (κ1) is 21.5. The molecule has 0 saturated carbocycles. The molecule has 0 heterocycles. The van der Waals surface area contributed by atoms with Gasteiger partial charge < -0.3 is 14.0 Å². The summed E-state index contributed by atoms with van der Waals surface area (Å²) in [5, 5.41) is 9.13. The number of methoxy groups -OCH3 is 2. The van der Waals surface area contributed by atoms with Gasteiger partial charge in [-0.2, -0.15) is 5.26 Å². The van der Waals surface area contributed by atoms with E-state index in [0.717, 1.165) is 0 Å². The molecule has 0 aliphatic rings. The average Bonchev–Trinajstić information content (AvgIpc) is 2.70. The first-order valence-electron chi connectivity index (χ1n) is 7.47. The Hall–Kier alpha value is -2.77. The molecule has 28 heavy (non-hydrogen) atoms. The van der Waals surface area contributed by atoms with Crippen molar-refractivity contribution >= 4 is 17.3 Å². The van der Waals surface area contributed by atoms with Gasteiger partial charge in [0.1, 0.15) is 5.75 Å². The molecule has 2 aromatic rings. The summed E-state index contributed by atoms with van der Waals surface area (Å²) in [7, 11) is 2.79. The van der Waals surface area contributed by atoms with Crippen LogP contribution in [0.5, 0.6) is 11.5 Å². The summed E-state index contributed by atoms with van der Waals surface area (Å²) in [5.74, 6) is -10.4. The maximum Gasteiger partial charge on any atom is 0.230 e. The first-order chi connectivity index (χ1) is 13.2. The van der Waals surface area contributed by atoms with Gasteiger partial charge >= 0.3 is 0 Å². The highest BCUT2D eigenvalue weighted by Crippen LogP contribution is 2.30. The molecule has 0 bridgehead atoms. The first-order valence-corrected chi connectivity index (χ1v) is 8.79. The normalized spacial score (nSPS) is 12.5. The molecule has 0 aliphatic carbocycles. The quantitative estimate of drug-likeness (QED) is 0.232. The van der Waals surface area contributed by atoms with Crippen molar-refractivity contribution in [3.8, 4) is 17.6 Å². The molecule has 148 valence electrons. The summed E-state index contributed by atoms with van der Waals surface area (Å²) in [6.45, 7) is 0. The van der Waals surface area contributed by atoms with Gasteiger partial charge in [0.25, 0.3) is 0 Å². The van der Waals surface area contributed by atoms with Gasteiger partial charge in [-0.1, -0.05) is 6.07 Å². The summed E-state index contributed by atoms with van der Waals surface area (Å²) in [6.07, 6.45) is 0.382. The van der Waals surface area contributed by atoms with Gasteiger partial charge in [0.15, 0.2) is 40.8 Å². The molecule has 0 aliphatic heterocycles. The number of nitriles is 1. The second-order valence-corrected chi connectivity index (χ2v) is 6.70. The standard InChI is InChI=1S/C18H12F5NO3S/c1-26-12-4-3-9(5-13(12)27-2)8-28(25)10(7-24)6-11-14(19)16(21)18(23)17(22)15(11)20/h3-6H,8H2,1-2H3/b10-6+. The molecule has 0 aromatic heterocycles. The zero-order chi connectivity index (χ0) is 21.0. The van der Waals surface area contributed by atoms with Crippen LogP contribution in [-0.2, 0) is 16.9 Å². The van der Waals surface area contributed by atoms with E-state index in [9.17, 15) is 26.5 Å². The number of benzene rings is 2. The van der Waals surface area contributed by atoms with Crippen molar-refractivity contribution in [2.24, 2.45) is 0 Å². The van der Waals surface area contributed by atoms with E-state index in [2.05, 4.69) is 0 Å². The van der Waals surface area contributed by atoms with Gasteiger partial charge in [-0.3, -0.25) is 0 Å². The van der Waals surface area contributed by atoms with Gasteiger partial charge in [0, 0.05) is 22.8 Å². The van der Waals surface area contributed by atoms with Crippen LogP contribution in [0.15, 0.2) is 23.1 Å². The summed E-state index contributed by atoms with van der Waals surface area (Å²) in [4.78, 5) is -0.669. The number of allylic oxidation sites excluding steroid dienone is 1. The predicted molar refractivity (Wildman–Crippen MR) is 91.2 cm³/mol. The maximum absolute atomic E-state index is 13.8. The van der Waals surface area contributed by atoms with E-state index in [4.69, 9.17) is 14.7 Å². The Balaban J connectivity index is 2.40. The summed E-state index contributed by atoms with van der Waals surface area (Å²) in [5.41, 5.74) is -0.914. The van der Waals surface area contributed by atoms with Gasteiger partial charge in [-0.05, 0) is 12.1 Å². The Bertz CT molecular complexity index is 946. The molecule has 2 aromatic carbocycles. The average molecular weight is 417 g/mol. The molecule has 1 unspecified atom stereocenters. The van der Waals surface area contributed by atoms with Gasteiger partial charge in [0.05, 0.1) is 19.8 Å².